The summed E-state index contributed by atoms with van der Waals surface area (Å²) in [5.41, 5.74) is -0.232. The first-order chi connectivity index (χ1) is 9.81. The van der Waals surface area contributed by atoms with Gasteiger partial charge in [-0.05, 0) is 13.3 Å². The quantitative estimate of drug-likeness (QED) is 0.757. The molecule has 0 amide bonds. The lowest BCUT2D eigenvalue weighted by Crippen LogP contribution is -2.61. The Bertz CT molecular complexity index is 582. The van der Waals surface area contributed by atoms with Crippen LogP contribution in [-0.4, -0.2) is 48.7 Å². The highest BCUT2D eigenvalue weighted by Gasteiger charge is 2.50. The van der Waals surface area contributed by atoms with E-state index in [2.05, 4.69) is 9.82 Å². The minimum Gasteiger partial charge on any atom is -0.394 e. The molecule has 120 valence electrons. The lowest BCUT2D eigenvalue weighted by molar-refractivity contribution is -0.108. The van der Waals surface area contributed by atoms with Crippen LogP contribution in [-0.2, 0) is 21.3 Å². The minimum atomic E-state index is -3.60. The van der Waals surface area contributed by atoms with E-state index in [1.165, 1.54) is 17.1 Å². The van der Waals surface area contributed by atoms with Crippen molar-refractivity contribution < 1.29 is 18.3 Å². The lowest BCUT2D eigenvalue weighted by atomic mass is 9.65. The molecule has 0 aromatic carbocycles. The Hall–Kier alpha value is -0.960. The van der Waals surface area contributed by atoms with E-state index in [0.717, 1.165) is 0 Å². The second kappa shape index (κ2) is 6.04. The van der Waals surface area contributed by atoms with Gasteiger partial charge in [0.05, 0.1) is 25.5 Å². The van der Waals surface area contributed by atoms with Crippen LogP contribution in [0.4, 0.5) is 0 Å². The zero-order chi connectivity index (χ0) is 15.7. The molecule has 1 aromatic heterocycles. The Kier molecular flexibility index (Phi) is 4.72. The highest BCUT2D eigenvalue weighted by molar-refractivity contribution is 7.89. The van der Waals surface area contributed by atoms with Gasteiger partial charge in [0.25, 0.3) is 0 Å². The van der Waals surface area contributed by atoms with Gasteiger partial charge in [-0.3, -0.25) is 4.68 Å². The smallest absolute Gasteiger partial charge is 0.243 e. The van der Waals surface area contributed by atoms with Crippen molar-refractivity contribution in [3.8, 4) is 0 Å². The van der Waals surface area contributed by atoms with Crippen LogP contribution in [0.15, 0.2) is 17.3 Å². The summed E-state index contributed by atoms with van der Waals surface area (Å²) in [7, 11) is -3.60. The summed E-state index contributed by atoms with van der Waals surface area (Å²) < 4.78 is 34.4. The topological polar surface area (TPSA) is 93.5 Å². The van der Waals surface area contributed by atoms with Crippen molar-refractivity contribution in [2.45, 2.75) is 50.8 Å². The summed E-state index contributed by atoms with van der Waals surface area (Å²) >= 11 is 0. The second-order valence-corrected chi connectivity index (χ2v) is 7.55. The number of hydrogen-bond acceptors (Lipinski definition) is 5. The van der Waals surface area contributed by atoms with Crippen molar-refractivity contribution in [3.05, 3.63) is 12.4 Å². The molecule has 2 rings (SSSR count). The van der Waals surface area contributed by atoms with Gasteiger partial charge < -0.3 is 9.84 Å². The monoisotopic (exact) mass is 317 g/mol. The van der Waals surface area contributed by atoms with Crippen LogP contribution >= 0.6 is 0 Å². The number of ether oxygens (including phenoxy) is 1. The molecule has 2 N–H and O–H groups in total. The Labute approximate surface area is 125 Å². The number of hydrogen-bond donors (Lipinski definition) is 2. The Morgan fingerprint density at radius 3 is 2.86 bits per heavy atom. The van der Waals surface area contributed by atoms with Crippen LogP contribution < -0.4 is 4.72 Å². The van der Waals surface area contributed by atoms with Crippen LogP contribution in [0, 0.1) is 5.41 Å². The molecule has 0 bridgehead atoms. The Morgan fingerprint density at radius 1 is 1.57 bits per heavy atom. The summed E-state index contributed by atoms with van der Waals surface area (Å²) in [6.45, 7) is 6.75. The molecule has 0 radical (unpaired) electrons. The first kappa shape index (κ1) is 16.4. The van der Waals surface area contributed by atoms with Crippen LogP contribution in [0.5, 0.6) is 0 Å². The molecule has 2 unspecified atom stereocenters. The summed E-state index contributed by atoms with van der Waals surface area (Å²) in [5, 5.41) is 12.7. The first-order valence-electron chi connectivity index (χ1n) is 7.08. The van der Waals surface area contributed by atoms with Crippen molar-refractivity contribution in [3.63, 3.8) is 0 Å². The Morgan fingerprint density at radius 2 is 2.29 bits per heavy atom. The van der Waals surface area contributed by atoms with Crippen molar-refractivity contribution >= 4 is 10.0 Å². The average molecular weight is 317 g/mol. The number of aromatic nitrogens is 2. The molecular weight excluding hydrogens is 294 g/mol. The van der Waals surface area contributed by atoms with Crippen molar-refractivity contribution in [2.75, 3.05) is 13.2 Å². The van der Waals surface area contributed by atoms with Gasteiger partial charge in [0, 0.05) is 24.3 Å². The fourth-order valence-corrected chi connectivity index (χ4v) is 3.89. The lowest BCUT2D eigenvalue weighted by Gasteiger charge is -2.51. The number of aliphatic hydroxyl groups is 1. The molecule has 0 spiro atoms. The molecule has 8 heteroatoms. The van der Waals surface area contributed by atoms with Gasteiger partial charge in [0.2, 0.25) is 10.0 Å². The molecule has 0 aliphatic heterocycles. The summed E-state index contributed by atoms with van der Waals surface area (Å²) in [6, 6.07) is -0.153. The molecule has 2 atom stereocenters. The van der Waals surface area contributed by atoms with Gasteiger partial charge in [-0.25, -0.2) is 13.1 Å². The molecule has 21 heavy (non-hydrogen) atoms. The maximum absolute atomic E-state index is 12.3. The minimum absolute atomic E-state index is 0.0762. The van der Waals surface area contributed by atoms with Crippen molar-refractivity contribution in [2.24, 2.45) is 5.41 Å². The molecule has 1 aliphatic carbocycles. The molecule has 1 fully saturated rings. The maximum atomic E-state index is 12.3. The molecule has 7 nitrogen and oxygen atoms in total. The van der Waals surface area contributed by atoms with Crippen LogP contribution in [0.2, 0.25) is 0 Å². The predicted octanol–water partition coefficient (Wildman–Crippen LogP) is 0.357. The van der Waals surface area contributed by atoms with E-state index in [4.69, 9.17) is 9.84 Å². The van der Waals surface area contributed by atoms with E-state index < -0.39 is 10.0 Å². The van der Waals surface area contributed by atoms with Gasteiger partial charge in [-0.1, -0.05) is 13.8 Å². The van der Waals surface area contributed by atoms with Crippen LogP contribution in [0.3, 0.4) is 0 Å². The standard InChI is InChI=1S/C13H23N3O4S/c1-4-20-12-7-11(13(12,2)3)15-21(18,19)10-8-14-16(9-10)5-6-17/h8-9,11-12,15,17H,4-7H2,1-3H3. The third kappa shape index (κ3) is 3.28. The van der Waals surface area contributed by atoms with E-state index >= 15 is 0 Å². The number of nitrogens with zero attached hydrogens (tertiary/aromatic N) is 2. The molecule has 1 saturated carbocycles. The summed E-state index contributed by atoms with van der Waals surface area (Å²) in [5.74, 6) is 0. The third-order valence-electron chi connectivity index (χ3n) is 4.09. The predicted molar refractivity (Wildman–Crippen MR) is 77.2 cm³/mol. The number of sulfonamides is 1. The fraction of sp³-hybridized carbons (Fsp3) is 0.769. The molecular formula is C13H23N3O4S. The van der Waals surface area contributed by atoms with Gasteiger partial charge in [0.15, 0.2) is 0 Å². The van der Waals surface area contributed by atoms with Crippen LogP contribution in [0.1, 0.15) is 27.2 Å². The van der Waals surface area contributed by atoms with E-state index in [1.54, 1.807) is 0 Å². The number of nitrogens with one attached hydrogen (secondary N) is 1. The average Bonchev–Trinajstić information content (AvgIpc) is 2.87. The maximum Gasteiger partial charge on any atom is 0.243 e. The Balaban J connectivity index is 2.05. The highest BCUT2D eigenvalue weighted by Crippen LogP contribution is 2.43. The molecule has 1 aromatic rings. The fourth-order valence-electron chi connectivity index (χ4n) is 2.53. The normalized spacial score (nSPS) is 24.8. The van der Waals surface area contributed by atoms with Crippen molar-refractivity contribution in [1.82, 2.24) is 14.5 Å². The zero-order valence-electron chi connectivity index (χ0n) is 12.6. The van der Waals surface area contributed by atoms with Gasteiger partial charge in [-0.15, -0.1) is 0 Å². The molecule has 1 aliphatic rings. The molecule has 1 heterocycles. The largest absolute Gasteiger partial charge is 0.394 e. The zero-order valence-corrected chi connectivity index (χ0v) is 13.4. The SMILES string of the molecule is CCOC1CC(NS(=O)(=O)c2cnn(CCO)c2)C1(C)C. The highest BCUT2D eigenvalue weighted by atomic mass is 32.2. The third-order valence-corrected chi connectivity index (χ3v) is 5.52. The van der Waals surface area contributed by atoms with E-state index in [0.29, 0.717) is 13.0 Å². The summed E-state index contributed by atoms with van der Waals surface area (Å²) in [6.07, 6.45) is 3.46. The van der Waals surface area contributed by atoms with E-state index in [-0.39, 0.29) is 35.6 Å². The van der Waals surface area contributed by atoms with Crippen LogP contribution in [0.25, 0.3) is 0 Å². The number of rotatable bonds is 7. The summed E-state index contributed by atoms with van der Waals surface area (Å²) in [4.78, 5) is 0.117. The first-order valence-corrected chi connectivity index (χ1v) is 8.56. The van der Waals surface area contributed by atoms with Crippen molar-refractivity contribution in [1.29, 1.82) is 0 Å². The second-order valence-electron chi connectivity index (χ2n) is 5.84. The van der Waals surface area contributed by atoms with Gasteiger partial charge in [0.1, 0.15) is 4.90 Å². The molecule has 0 saturated heterocycles. The van der Waals surface area contributed by atoms with Gasteiger partial charge >= 0.3 is 0 Å². The number of aliphatic hydroxyl groups excluding tert-OH is 1. The van der Waals surface area contributed by atoms with E-state index in [1.807, 2.05) is 20.8 Å². The van der Waals surface area contributed by atoms with E-state index in [9.17, 15) is 8.42 Å². The van der Waals surface area contributed by atoms with Gasteiger partial charge in [-0.2, -0.15) is 5.10 Å².